The zero-order chi connectivity index (χ0) is 36.2. The average molecular weight is 677 g/mol. The molecule has 0 aliphatic carbocycles. The van der Waals surface area contributed by atoms with Crippen molar-refractivity contribution in [3.63, 3.8) is 0 Å². The summed E-state index contributed by atoms with van der Waals surface area (Å²) in [6.45, 7) is 18.0. The highest BCUT2D eigenvalue weighted by Crippen LogP contribution is 2.34. The van der Waals surface area contributed by atoms with E-state index in [1.807, 2.05) is 71.9 Å². The van der Waals surface area contributed by atoms with Crippen LogP contribution in [-0.4, -0.2) is 41.5 Å². The molecule has 2 unspecified atom stereocenters. The summed E-state index contributed by atoms with van der Waals surface area (Å²) in [4.78, 5) is 38.2. The van der Waals surface area contributed by atoms with Gasteiger partial charge in [-0.2, -0.15) is 0 Å². The number of ether oxygens (including phenoxy) is 2. The Morgan fingerprint density at radius 1 is 0.633 bits per heavy atom. The van der Waals surface area contributed by atoms with Gasteiger partial charge in [-0.05, 0) is 100 Å². The third-order valence-electron chi connectivity index (χ3n) is 8.28. The molecule has 9 heteroatoms. The normalized spacial score (nSPS) is 13.2. The highest BCUT2D eigenvalue weighted by Gasteiger charge is 2.23. The van der Waals surface area contributed by atoms with E-state index in [2.05, 4.69) is 47.2 Å². The van der Waals surface area contributed by atoms with Gasteiger partial charge in [0.1, 0.15) is 11.2 Å². The van der Waals surface area contributed by atoms with Gasteiger partial charge in [-0.25, -0.2) is 9.59 Å². The quantitative estimate of drug-likeness (QED) is 0.0487. The maximum absolute atomic E-state index is 12.8. The third kappa shape index (κ3) is 12.9. The Hall–Kier alpha value is -3.69. The molecule has 9 nitrogen and oxygen atoms in total. The Kier molecular flexibility index (Phi) is 14.9. The van der Waals surface area contributed by atoms with E-state index in [1.165, 1.54) is 0 Å². The summed E-state index contributed by atoms with van der Waals surface area (Å²) in [6.07, 6.45) is 6.25. The first kappa shape index (κ1) is 39.7. The van der Waals surface area contributed by atoms with E-state index in [0.29, 0.717) is 18.7 Å². The van der Waals surface area contributed by atoms with E-state index in [9.17, 15) is 14.4 Å². The van der Waals surface area contributed by atoms with Crippen LogP contribution in [0.3, 0.4) is 0 Å². The maximum Gasteiger partial charge on any atom is 0.408 e. The van der Waals surface area contributed by atoms with Crippen LogP contribution in [-0.2, 0) is 22.6 Å². The largest absolute Gasteiger partial charge is 0.444 e. The zero-order valence-corrected chi connectivity index (χ0v) is 31.3. The van der Waals surface area contributed by atoms with Crippen LogP contribution in [0.5, 0.6) is 0 Å². The molecule has 0 radical (unpaired) electrons. The monoisotopic (exact) mass is 676 g/mol. The topological polar surface area (TPSA) is 118 Å². The first-order valence-electron chi connectivity index (χ1n) is 18.0. The molecule has 0 bridgehead atoms. The lowest BCUT2D eigenvalue weighted by Crippen LogP contribution is -2.47. The molecule has 0 saturated carbocycles. The second-order valence-corrected chi connectivity index (χ2v) is 15.0. The number of fused-ring (bicyclic) bond motifs is 2. The van der Waals surface area contributed by atoms with Gasteiger partial charge in [-0.1, -0.05) is 88.8 Å². The minimum absolute atomic E-state index is 0.00442. The molecule has 0 heterocycles. The van der Waals surface area contributed by atoms with Crippen molar-refractivity contribution in [3.05, 3.63) is 59.2 Å². The summed E-state index contributed by atoms with van der Waals surface area (Å²) in [5.41, 5.74) is 1.57. The smallest absolute Gasteiger partial charge is 0.408 e. The van der Waals surface area contributed by atoms with E-state index in [-0.39, 0.29) is 18.1 Å². The molecule has 3 aromatic carbocycles. The summed E-state index contributed by atoms with van der Waals surface area (Å²) in [7, 11) is 0. The molecule has 3 rings (SSSR count). The third-order valence-corrected chi connectivity index (χ3v) is 8.28. The Bertz CT molecular complexity index is 1560. The summed E-state index contributed by atoms with van der Waals surface area (Å²) in [5.74, 6) is -0.00442. The Morgan fingerprint density at radius 2 is 1.06 bits per heavy atom. The van der Waals surface area contributed by atoms with E-state index in [4.69, 9.17) is 9.47 Å². The predicted octanol–water partition coefficient (Wildman–Crippen LogP) is 9.24. The van der Waals surface area contributed by atoms with Gasteiger partial charge in [0.15, 0.2) is 5.78 Å². The van der Waals surface area contributed by atoms with E-state index < -0.39 is 23.4 Å². The summed E-state index contributed by atoms with van der Waals surface area (Å²) in [5, 5.41) is 17.5. The van der Waals surface area contributed by atoms with Gasteiger partial charge < -0.3 is 20.1 Å². The summed E-state index contributed by atoms with van der Waals surface area (Å²) >= 11 is 0. The number of nitrogens with one attached hydrogen (secondary N) is 4. The predicted molar refractivity (Wildman–Crippen MR) is 200 cm³/mol. The Morgan fingerprint density at radius 3 is 1.47 bits per heavy atom. The Balaban J connectivity index is 2.03. The molecule has 0 spiro atoms. The number of unbranched alkanes of at least 4 members (excludes halogenated alkanes) is 4. The van der Waals surface area contributed by atoms with Gasteiger partial charge in [0.2, 0.25) is 0 Å². The lowest BCUT2D eigenvalue weighted by Gasteiger charge is -2.26. The lowest BCUT2D eigenvalue weighted by atomic mass is 9.90. The van der Waals surface area contributed by atoms with E-state index in [0.717, 1.165) is 84.0 Å². The minimum atomic E-state index is -0.602. The fourth-order valence-electron chi connectivity index (χ4n) is 5.95. The average Bonchev–Trinajstić information content (AvgIpc) is 3.00. The first-order valence-corrected chi connectivity index (χ1v) is 18.0. The number of amides is 2. The van der Waals surface area contributed by atoms with Crippen molar-refractivity contribution in [2.45, 2.75) is 150 Å². The van der Waals surface area contributed by atoms with Crippen molar-refractivity contribution < 1.29 is 23.9 Å². The molecular formula is C40H60N4O5. The molecule has 0 aliphatic heterocycles. The molecule has 0 aliphatic rings. The van der Waals surface area contributed by atoms with E-state index >= 15 is 0 Å². The van der Waals surface area contributed by atoms with E-state index in [1.54, 1.807) is 6.92 Å². The molecule has 0 fully saturated rings. The van der Waals surface area contributed by atoms with Gasteiger partial charge in [-0.3, -0.25) is 15.4 Å². The zero-order valence-electron chi connectivity index (χ0n) is 31.3. The van der Waals surface area contributed by atoms with Crippen LogP contribution in [0.1, 0.15) is 135 Å². The standard InChI is InChI=1S/C40H60N4O5/c1-10-12-14-20-35(43-37(46)48-39(4,5)6)41-25-33-29-18-16-17-19-30(29)34(32-24-28(27(3)45)22-23-31(32)33)26-42-36(21-15-13-11-2)44-38(47)49-40(7,8)9/h16-19,22-24,35-36,41-42H,10-15,20-21,25-26H2,1-9H3,(H,43,46)(H,44,47). The van der Waals surface area contributed by atoms with Crippen LogP contribution < -0.4 is 21.3 Å². The number of Topliss-reactive ketones (excluding diaryl/α,β-unsaturated/α-hetero) is 1. The number of ketones is 1. The Labute approximate surface area is 293 Å². The molecule has 270 valence electrons. The fourth-order valence-corrected chi connectivity index (χ4v) is 5.95. The number of rotatable bonds is 17. The van der Waals surface area contributed by atoms with Gasteiger partial charge in [-0.15, -0.1) is 0 Å². The number of carbonyl (C=O) groups excluding carboxylic acids is 3. The van der Waals surface area contributed by atoms with Crippen LogP contribution in [0.15, 0.2) is 42.5 Å². The van der Waals surface area contributed by atoms with Crippen molar-refractivity contribution in [3.8, 4) is 0 Å². The highest BCUT2D eigenvalue weighted by atomic mass is 16.6. The molecule has 0 aromatic heterocycles. The van der Waals surface area contributed by atoms with Gasteiger partial charge >= 0.3 is 12.2 Å². The van der Waals surface area contributed by atoms with Crippen LogP contribution in [0.4, 0.5) is 9.59 Å². The van der Waals surface area contributed by atoms with Gasteiger partial charge in [0.25, 0.3) is 0 Å². The maximum atomic E-state index is 12.8. The molecule has 49 heavy (non-hydrogen) atoms. The van der Waals surface area contributed by atoms with Crippen molar-refractivity contribution in [1.82, 2.24) is 21.3 Å². The van der Waals surface area contributed by atoms with Crippen molar-refractivity contribution in [1.29, 1.82) is 0 Å². The SMILES string of the molecule is CCCCCC(NCc1c2ccccc2c(CNC(CCCCC)NC(=O)OC(C)(C)C)c2cc(C(C)=O)ccc12)NC(=O)OC(C)(C)C. The first-order chi connectivity index (χ1) is 23.1. The molecule has 0 saturated heterocycles. The summed E-state index contributed by atoms with van der Waals surface area (Å²) in [6, 6.07) is 14.2. The molecule has 4 N–H and O–H groups in total. The van der Waals surface area contributed by atoms with Gasteiger partial charge in [0, 0.05) is 18.7 Å². The second kappa shape index (κ2) is 18.3. The van der Waals surface area contributed by atoms with Crippen LogP contribution >= 0.6 is 0 Å². The number of hydrogen-bond donors (Lipinski definition) is 4. The highest BCUT2D eigenvalue weighted by molar-refractivity contribution is 6.08. The van der Waals surface area contributed by atoms with Crippen LogP contribution in [0, 0.1) is 0 Å². The molecule has 3 aromatic rings. The molecular weight excluding hydrogens is 616 g/mol. The number of alkyl carbamates (subject to hydrolysis) is 2. The number of hydrogen-bond acceptors (Lipinski definition) is 7. The lowest BCUT2D eigenvalue weighted by molar-refractivity contribution is 0.0478. The number of carbonyl (C=O) groups is 3. The minimum Gasteiger partial charge on any atom is -0.444 e. The van der Waals surface area contributed by atoms with Crippen molar-refractivity contribution in [2.75, 3.05) is 0 Å². The molecule has 2 amide bonds. The number of benzene rings is 3. The van der Waals surface area contributed by atoms with Gasteiger partial charge in [0.05, 0.1) is 12.3 Å². The fraction of sp³-hybridized carbons (Fsp3) is 0.575. The molecule has 2 atom stereocenters. The second-order valence-electron chi connectivity index (χ2n) is 15.0. The van der Waals surface area contributed by atoms with Crippen LogP contribution in [0.2, 0.25) is 0 Å². The van der Waals surface area contributed by atoms with Crippen molar-refractivity contribution >= 4 is 39.5 Å². The van der Waals surface area contributed by atoms with Crippen LogP contribution in [0.25, 0.3) is 21.5 Å². The summed E-state index contributed by atoms with van der Waals surface area (Å²) < 4.78 is 11.2. The van der Waals surface area contributed by atoms with Crippen molar-refractivity contribution in [2.24, 2.45) is 0 Å².